The topological polar surface area (TPSA) is 80.9 Å². The molecule has 0 radical (unpaired) electrons. The summed E-state index contributed by atoms with van der Waals surface area (Å²) in [6, 6.07) is 8.10. The van der Waals surface area contributed by atoms with Crippen LogP contribution < -0.4 is 5.32 Å². The van der Waals surface area contributed by atoms with E-state index in [2.05, 4.69) is 43.0 Å². The molecule has 6 nitrogen and oxygen atoms in total. The van der Waals surface area contributed by atoms with E-state index in [1.54, 1.807) is 0 Å². The summed E-state index contributed by atoms with van der Waals surface area (Å²) in [5, 5.41) is 9.32. The molecule has 136 valence electrons. The van der Waals surface area contributed by atoms with E-state index in [0.717, 1.165) is 11.3 Å². The number of carbonyl (C=O) groups excluding carboxylic acids is 1. The average Bonchev–Trinajstić information content (AvgIpc) is 3.22. The first kappa shape index (κ1) is 19.0. The van der Waals surface area contributed by atoms with Crippen molar-refractivity contribution in [1.82, 2.24) is 15.1 Å². The molecular formula is C18H19IN4O2S. The molecule has 0 bridgehead atoms. The van der Waals surface area contributed by atoms with Crippen LogP contribution in [-0.2, 0) is 16.6 Å². The third-order valence-electron chi connectivity index (χ3n) is 3.60. The molecule has 8 heteroatoms. The van der Waals surface area contributed by atoms with E-state index in [1.807, 2.05) is 50.4 Å². The van der Waals surface area contributed by atoms with Crippen molar-refractivity contribution in [3.8, 4) is 11.3 Å². The van der Waals surface area contributed by atoms with Crippen molar-refractivity contribution in [2.24, 2.45) is 0 Å². The van der Waals surface area contributed by atoms with Gasteiger partial charge in [-0.25, -0.2) is 4.98 Å². The van der Waals surface area contributed by atoms with Gasteiger partial charge in [-0.1, -0.05) is 38.1 Å². The number of hydrogen-bond acceptors (Lipinski definition) is 6. The number of aromatic nitrogens is 3. The minimum Gasteiger partial charge on any atom is -0.339 e. The number of nitrogens with one attached hydrogen (secondary N) is 1. The molecule has 0 fully saturated rings. The maximum Gasteiger partial charge on any atom is 0.227 e. The molecule has 0 atom stereocenters. The Morgan fingerprint density at radius 2 is 1.96 bits per heavy atom. The predicted molar refractivity (Wildman–Crippen MR) is 110 cm³/mol. The summed E-state index contributed by atoms with van der Waals surface area (Å²) in [4.78, 5) is 21.0. The summed E-state index contributed by atoms with van der Waals surface area (Å²) >= 11 is 3.67. The van der Waals surface area contributed by atoms with Gasteiger partial charge >= 0.3 is 0 Å². The van der Waals surface area contributed by atoms with Crippen LogP contribution in [0, 0.1) is 3.57 Å². The molecule has 2 heterocycles. The molecule has 1 amide bonds. The van der Waals surface area contributed by atoms with Crippen LogP contribution in [0.3, 0.4) is 0 Å². The molecule has 1 N–H and O–H groups in total. The smallest absolute Gasteiger partial charge is 0.227 e. The molecular weight excluding hydrogens is 463 g/mol. The standard InChI is InChI=1S/C18H19IN4O2S/c1-18(2,3)16-22-15(25-23-16)9-8-14(24)21-17-20-13(10-26-17)11-4-6-12(19)7-5-11/h4-7,10H,8-9H2,1-3H3,(H,20,21,24). The van der Waals surface area contributed by atoms with Crippen molar-refractivity contribution >= 4 is 45.0 Å². The number of anilines is 1. The summed E-state index contributed by atoms with van der Waals surface area (Å²) in [6.45, 7) is 6.05. The summed E-state index contributed by atoms with van der Waals surface area (Å²) in [5.41, 5.74) is 1.72. The molecule has 0 aliphatic rings. The van der Waals surface area contributed by atoms with Gasteiger partial charge < -0.3 is 9.84 Å². The minimum absolute atomic E-state index is 0.121. The predicted octanol–water partition coefficient (Wildman–Crippen LogP) is 4.67. The van der Waals surface area contributed by atoms with Gasteiger partial charge in [0, 0.05) is 32.8 Å². The first-order valence-electron chi connectivity index (χ1n) is 8.15. The lowest BCUT2D eigenvalue weighted by atomic mass is 9.96. The third-order valence-corrected chi connectivity index (χ3v) is 5.07. The van der Waals surface area contributed by atoms with E-state index in [1.165, 1.54) is 14.9 Å². The summed E-state index contributed by atoms with van der Waals surface area (Å²) < 4.78 is 6.38. The maximum atomic E-state index is 12.1. The number of benzene rings is 1. The van der Waals surface area contributed by atoms with E-state index in [0.29, 0.717) is 23.3 Å². The number of halogens is 1. The fraction of sp³-hybridized carbons (Fsp3) is 0.333. The number of thiazole rings is 1. The first-order chi connectivity index (χ1) is 12.3. The Balaban J connectivity index is 1.55. The van der Waals surface area contributed by atoms with Gasteiger partial charge in [-0.2, -0.15) is 4.98 Å². The monoisotopic (exact) mass is 482 g/mol. The average molecular weight is 482 g/mol. The fourth-order valence-electron chi connectivity index (χ4n) is 2.15. The Hall–Kier alpha value is -1.81. The Labute approximate surface area is 169 Å². The molecule has 0 aliphatic heterocycles. The Bertz CT molecular complexity index is 897. The zero-order valence-corrected chi connectivity index (χ0v) is 17.7. The number of rotatable bonds is 5. The molecule has 0 aliphatic carbocycles. The molecule has 1 aromatic carbocycles. The number of carbonyl (C=O) groups is 1. The molecule has 0 spiro atoms. The van der Waals surface area contributed by atoms with Gasteiger partial charge in [0.05, 0.1) is 5.69 Å². The molecule has 2 aromatic heterocycles. The van der Waals surface area contributed by atoms with Crippen LogP contribution in [0.25, 0.3) is 11.3 Å². The van der Waals surface area contributed by atoms with Gasteiger partial charge in [0.15, 0.2) is 11.0 Å². The Morgan fingerprint density at radius 1 is 1.23 bits per heavy atom. The molecule has 26 heavy (non-hydrogen) atoms. The van der Waals surface area contributed by atoms with Gasteiger partial charge in [0.1, 0.15) is 0 Å². The molecule has 3 rings (SSSR count). The number of nitrogens with zero attached hydrogens (tertiary/aromatic N) is 3. The van der Waals surface area contributed by atoms with Crippen molar-refractivity contribution in [3.05, 3.63) is 44.9 Å². The maximum absolute atomic E-state index is 12.1. The van der Waals surface area contributed by atoms with Crippen LogP contribution in [-0.4, -0.2) is 21.0 Å². The zero-order valence-electron chi connectivity index (χ0n) is 14.7. The van der Waals surface area contributed by atoms with Gasteiger partial charge in [0.2, 0.25) is 11.8 Å². The van der Waals surface area contributed by atoms with Crippen molar-refractivity contribution in [2.75, 3.05) is 5.32 Å². The number of aryl methyl sites for hydroxylation is 1. The van der Waals surface area contributed by atoms with Gasteiger partial charge in [-0.05, 0) is 34.7 Å². The van der Waals surface area contributed by atoms with Crippen molar-refractivity contribution in [2.45, 2.75) is 39.0 Å². The van der Waals surface area contributed by atoms with Gasteiger partial charge in [0.25, 0.3) is 0 Å². The molecule has 0 saturated carbocycles. The second kappa shape index (κ2) is 7.83. The lowest BCUT2D eigenvalue weighted by Crippen LogP contribution is -2.14. The fourth-order valence-corrected chi connectivity index (χ4v) is 3.24. The molecule has 3 aromatic rings. The van der Waals surface area contributed by atoms with Crippen LogP contribution >= 0.6 is 33.9 Å². The van der Waals surface area contributed by atoms with Gasteiger partial charge in [-0.15, -0.1) is 11.3 Å². The van der Waals surface area contributed by atoms with Crippen molar-refractivity contribution < 1.29 is 9.32 Å². The second-order valence-electron chi connectivity index (χ2n) is 6.85. The van der Waals surface area contributed by atoms with E-state index >= 15 is 0 Å². The van der Waals surface area contributed by atoms with Gasteiger partial charge in [-0.3, -0.25) is 4.79 Å². The molecule has 0 saturated heterocycles. The minimum atomic E-state index is -0.170. The highest BCUT2D eigenvalue weighted by atomic mass is 127. The van der Waals surface area contributed by atoms with Crippen LogP contribution in [0.15, 0.2) is 34.2 Å². The summed E-state index contributed by atoms with van der Waals surface area (Å²) in [7, 11) is 0. The quantitative estimate of drug-likeness (QED) is 0.535. The zero-order chi connectivity index (χ0) is 18.7. The highest BCUT2D eigenvalue weighted by Crippen LogP contribution is 2.25. The SMILES string of the molecule is CC(C)(C)c1noc(CCC(=O)Nc2nc(-c3ccc(I)cc3)cs2)n1. The lowest BCUT2D eigenvalue weighted by molar-refractivity contribution is -0.116. The van der Waals surface area contributed by atoms with Crippen molar-refractivity contribution in [1.29, 1.82) is 0 Å². The normalized spacial score (nSPS) is 11.5. The highest BCUT2D eigenvalue weighted by Gasteiger charge is 2.21. The lowest BCUT2D eigenvalue weighted by Gasteiger charge is -2.10. The largest absolute Gasteiger partial charge is 0.339 e. The first-order valence-corrected chi connectivity index (χ1v) is 10.1. The van der Waals surface area contributed by atoms with E-state index in [9.17, 15) is 4.79 Å². The molecule has 0 unspecified atom stereocenters. The summed E-state index contributed by atoms with van der Waals surface area (Å²) in [6.07, 6.45) is 0.675. The summed E-state index contributed by atoms with van der Waals surface area (Å²) in [5.74, 6) is 1.00. The van der Waals surface area contributed by atoms with Crippen LogP contribution in [0.2, 0.25) is 0 Å². The van der Waals surface area contributed by atoms with Crippen LogP contribution in [0.5, 0.6) is 0 Å². The van der Waals surface area contributed by atoms with E-state index < -0.39 is 0 Å². The Kier molecular flexibility index (Phi) is 5.71. The number of hydrogen-bond donors (Lipinski definition) is 1. The second-order valence-corrected chi connectivity index (χ2v) is 8.96. The van der Waals surface area contributed by atoms with Crippen molar-refractivity contribution in [3.63, 3.8) is 0 Å². The third kappa shape index (κ3) is 4.88. The van der Waals surface area contributed by atoms with E-state index in [-0.39, 0.29) is 17.7 Å². The highest BCUT2D eigenvalue weighted by molar-refractivity contribution is 14.1. The Morgan fingerprint density at radius 3 is 2.62 bits per heavy atom. The van der Waals surface area contributed by atoms with E-state index in [4.69, 9.17) is 4.52 Å². The van der Waals surface area contributed by atoms with Crippen LogP contribution in [0.1, 0.15) is 38.9 Å². The van der Waals surface area contributed by atoms with Crippen LogP contribution in [0.4, 0.5) is 5.13 Å². The number of amides is 1.